The zero-order valence-electron chi connectivity index (χ0n) is 14.1. The number of anilines is 1. The standard InChI is InChI=1S/C19H23N3O2/c1-23-16-5-4-15-10-14(13-24-18(15)12-16)11-17-19(21-7-6-20-17)22-8-2-3-9-22/h4-7,12,14H,2-3,8-11,13H2,1H3. The molecule has 1 aromatic heterocycles. The Hall–Kier alpha value is -2.30. The van der Waals surface area contributed by atoms with Gasteiger partial charge in [-0.25, -0.2) is 4.98 Å². The Morgan fingerprint density at radius 3 is 2.88 bits per heavy atom. The van der Waals surface area contributed by atoms with Crippen LogP contribution in [0.5, 0.6) is 11.5 Å². The summed E-state index contributed by atoms with van der Waals surface area (Å²) >= 11 is 0. The fourth-order valence-electron chi connectivity index (χ4n) is 3.64. The summed E-state index contributed by atoms with van der Waals surface area (Å²) in [6, 6.07) is 6.09. The third kappa shape index (κ3) is 3.03. The van der Waals surface area contributed by atoms with E-state index in [1.807, 2.05) is 12.1 Å². The number of ether oxygens (including phenoxy) is 2. The van der Waals surface area contributed by atoms with Crippen molar-refractivity contribution < 1.29 is 9.47 Å². The molecule has 0 saturated carbocycles. The van der Waals surface area contributed by atoms with Crippen molar-refractivity contribution in [2.75, 3.05) is 31.7 Å². The van der Waals surface area contributed by atoms with Gasteiger partial charge in [0.2, 0.25) is 0 Å². The molecule has 1 fully saturated rings. The molecule has 0 spiro atoms. The first-order valence-corrected chi connectivity index (χ1v) is 8.68. The SMILES string of the molecule is COc1ccc2c(c1)OCC(Cc1nccnc1N1CCCC1)C2. The van der Waals surface area contributed by atoms with Gasteiger partial charge < -0.3 is 14.4 Å². The van der Waals surface area contributed by atoms with Crippen molar-refractivity contribution >= 4 is 5.82 Å². The molecule has 1 atom stereocenters. The van der Waals surface area contributed by atoms with Crippen molar-refractivity contribution in [1.29, 1.82) is 0 Å². The molecule has 5 heteroatoms. The van der Waals surface area contributed by atoms with Crippen molar-refractivity contribution in [2.45, 2.75) is 25.7 Å². The maximum atomic E-state index is 5.97. The number of benzene rings is 1. The largest absolute Gasteiger partial charge is 0.497 e. The molecular weight excluding hydrogens is 302 g/mol. The van der Waals surface area contributed by atoms with Gasteiger partial charge in [0.15, 0.2) is 0 Å². The molecule has 2 aromatic rings. The second-order valence-electron chi connectivity index (χ2n) is 6.58. The molecule has 4 rings (SSSR count). The molecule has 1 unspecified atom stereocenters. The van der Waals surface area contributed by atoms with E-state index in [9.17, 15) is 0 Å². The highest BCUT2D eigenvalue weighted by atomic mass is 16.5. The first kappa shape index (κ1) is 15.2. The van der Waals surface area contributed by atoms with Crippen LogP contribution < -0.4 is 14.4 Å². The molecular formula is C19H23N3O2. The summed E-state index contributed by atoms with van der Waals surface area (Å²) in [5, 5.41) is 0. The van der Waals surface area contributed by atoms with E-state index >= 15 is 0 Å². The highest BCUT2D eigenvalue weighted by molar-refractivity contribution is 5.45. The number of hydrogen-bond donors (Lipinski definition) is 0. The van der Waals surface area contributed by atoms with Crippen molar-refractivity contribution in [3.8, 4) is 11.5 Å². The van der Waals surface area contributed by atoms with E-state index in [2.05, 4.69) is 20.9 Å². The average molecular weight is 325 g/mol. The number of methoxy groups -OCH3 is 1. The van der Waals surface area contributed by atoms with Gasteiger partial charge in [-0.05, 0) is 37.3 Å². The first-order chi connectivity index (χ1) is 11.8. The Morgan fingerprint density at radius 2 is 2.04 bits per heavy atom. The van der Waals surface area contributed by atoms with Gasteiger partial charge in [-0.2, -0.15) is 0 Å². The summed E-state index contributed by atoms with van der Waals surface area (Å²) in [5.41, 5.74) is 2.35. The summed E-state index contributed by atoms with van der Waals surface area (Å²) in [5.74, 6) is 3.29. The number of fused-ring (bicyclic) bond motifs is 1. The number of nitrogens with zero attached hydrogens (tertiary/aromatic N) is 3. The van der Waals surface area contributed by atoms with Crippen molar-refractivity contribution in [3.05, 3.63) is 41.9 Å². The van der Waals surface area contributed by atoms with Crippen LogP contribution in [0.25, 0.3) is 0 Å². The van der Waals surface area contributed by atoms with E-state index in [1.165, 1.54) is 18.4 Å². The third-order valence-electron chi connectivity index (χ3n) is 4.90. The second kappa shape index (κ2) is 6.67. The minimum Gasteiger partial charge on any atom is -0.497 e. The smallest absolute Gasteiger partial charge is 0.150 e. The minimum atomic E-state index is 0.434. The molecule has 0 amide bonds. The highest BCUT2D eigenvalue weighted by Gasteiger charge is 2.24. The lowest BCUT2D eigenvalue weighted by Crippen LogP contribution is -2.26. The quantitative estimate of drug-likeness (QED) is 0.865. The van der Waals surface area contributed by atoms with Gasteiger partial charge in [-0.1, -0.05) is 6.07 Å². The van der Waals surface area contributed by atoms with Crippen LogP contribution in [0, 0.1) is 5.92 Å². The summed E-state index contributed by atoms with van der Waals surface area (Å²) in [4.78, 5) is 11.6. The number of rotatable bonds is 4. The van der Waals surface area contributed by atoms with Gasteiger partial charge in [0.1, 0.15) is 17.3 Å². The Morgan fingerprint density at radius 1 is 1.21 bits per heavy atom. The van der Waals surface area contributed by atoms with Crippen LogP contribution in [0.4, 0.5) is 5.82 Å². The zero-order chi connectivity index (χ0) is 16.4. The molecule has 3 heterocycles. The van der Waals surface area contributed by atoms with Gasteiger partial charge in [-0.3, -0.25) is 4.98 Å². The number of aromatic nitrogens is 2. The van der Waals surface area contributed by atoms with Gasteiger partial charge in [0, 0.05) is 37.5 Å². The third-order valence-corrected chi connectivity index (χ3v) is 4.90. The maximum absolute atomic E-state index is 5.97. The topological polar surface area (TPSA) is 47.5 Å². The van der Waals surface area contributed by atoms with Crippen LogP contribution in [0.3, 0.4) is 0 Å². The van der Waals surface area contributed by atoms with Crippen LogP contribution >= 0.6 is 0 Å². The molecule has 0 radical (unpaired) electrons. The zero-order valence-corrected chi connectivity index (χ0v) is 14.1. The summed E-state index contributed by atoms with van der Waals surface area (Å²) < 4.78 is 11.2. The fourth-order valence-corrected chi connectivity index (χ4v) is 3.64. The van der Waals surface area contributed by atoms with Crippen molar-refractivity contribution in [2.24, 2.45) is 5.92 Å². The molecule has 24 heavy (non-hydrogen) atoms. The van der Waals surface area contributed by atoms with E-state index in [-0.39, 0.29) is 0 Å². The van der Waals surface area contributed by atoms with E-state index in [4.69, 9.17) is 9.47 Å². The predicted octanol–water partition coefficient (Wildman–Crippen LogP) is 2.88. The summed E-state index contributed by atoms with van der Waals surface area (Å²) in [6.07, 6.45) is 8.02. The van der Waals surface area contributed by atoms with Crippen LogP contribution in [0.1, 0.15) is 24.1 Å². The van der Waals surface area contributed by atoms with Crippen LogP contribution in [-0.2, 0) is 12.8 Å². The monoisotopic (exact) mass is 325 g/mol. The summed E-state index contributed by atoms with van der Waals surface area (Å²) in [7, 11) is 1.68. The van der Waals surface area contributed by atoms with E-state index < -0.39 is 0 Å². The van der Waals surface area contributed by atoms with Crippen LogP contribution in [0.2, 0.25) is 0 Å². The normalized spacial score (nSPS) is 19.7. The fraction of sp³-hybridized carbons (Fsp3) is 0.474. The Kier molecular flexibility index (Phi) is 4.24. The highest BCUT2D eigenvalue weighted by Crippen LogP contribution is 2.33. The molecule has 0 aliphatic carbocycles. The van der Waals surface area contributed by atoms with Crippen LogP contribution in [0.15, 0.2) is 30.6 Å². The summed E-state index contributed by atoms with van der Waals surface area (Å²) in [6.45, 7) is 2.90. The molecule has 0 N–H and O–H groups in total. The van der Waals surface area contributed by atoms with Gasteiger partial charge in [0.25, 0.3) is 0 Å². The number of hydrogen-bond acceptors (Lipinski definition) is 5. The Bertz CT molecular complexity index is 714. The van der Waals surface area contributed by atoms with Gasteiger partial charge in [-0.15, -0.1) is 0 Å². The van der Waals surface area contributed by atoms with Gasteiger partial charge in [0.05, 0.1) is 19.4 Å². The Balaban J connectivity index is 1.50. The molecule has 126 valence electrons. The van der Waals surface area contributed by atoms with E-state index in [0.717, 1.165) is 55.5 Å². The molecule has 1 saturated heterocycles. The lowest BCUT2D eigenvalue weighted by Gasteiger charge is -2.27. The molecule has 5 nitrogen and oxygen atoms in total. The first-order valence-electron chi connectivity index (χ1n) is 8.68. The van der Waals surface area contributed by atoms with Crippen molar-refractivity contribution in [1.82, 2.24) is 9.97 Å². The van der Waals surface area contributed by atoms with Crippen LogP contribution in [-0.4, -0.2) is 36.8 Å². The second-order valence-corrected chi connectivity index (χ2v) is 6.58. The molecule has 2 aliphatic rings. The maximum Gasteiger partial charge on any atom is 0.150 e. The van der Waals surface area contributed by atoms with Gasteiger partial charge >= 0.3 is 0 Å². The van der Waals surface area contributed by atoms with E-state index in [0.29, 0.717) is 5.92 Å². The Labute approximate surface area is 142 Å². The predicted molar refractivity (Wildman–Crippen MR) is 92.9 cm³/mol. The lowest BCUT2D eigenvalue weighted by molar-refractivity contribution is 0.219. The van der Waals surface area contributed by atoms with E-state index in [1.54, 1.807) is 19.5 Å². The molecule has 1 aromatic carbocycles. The average Bonchev–Trinajstić information content (AvgIpc) is 3.16. The molecule has 2 aliphatic heterocycles. The lowest BCUT2D eigenvalue weighted by atomic mass is 9.92. The van der Waals surface area contributed by atoms with Crippen molar-refractivity contribution in [3.63, 3.8) is 0 Å². The molecule has 0 bridgehead atoms. The minimum absolute atomic E-state index is 0.434.